The molecule has 0 spiro atoms. The lowest BCUT2D eigenvalue weighted by Crippen LogP contribution is -2.35. The molecule has 0 saturated carbocycles. The van der Waals surface area contributed by atoms with Crippen LogP contribution in [0, 0.1) is 0 Å². The second-order valence-electron chi connectivity index (χ2n) is 9.94. The molecule has 4 rings (SSSR count). The molecule has 7 nitrogen and oxygen atoms in total. The van der Waals surface area contributed by atoms with Crippen molar-refractivity contribution in [3.63, 3.8) is 0 Å². The summed E-state index contributed by atoms with van der Waals surface area (Å²) in [6.45, 7) is 11.2. The maximum atomic E-state index is 13.3. The van der Waals surface area contributed by atoms with Gasteiger partial charge in [0.15, 0.2) is 0 Å². The molecule has 1 N–H and O–H groups in total. The van der Waals surface area contributed by atoms with E-state index in [1.165, 1.54) is 10.7 Å². The van der Waals surface area contributed by atoms with E-state index in [0.29, 0.717) is 30.6 Å². The molecule has 41 heavy (non-hydrogen) atoms. The van der Waals surface area contributed by atoms with Crippen LogP contribution in [0.1, 0.15) is 43.5 Å². The third kappa shape index (κ3) is 7.94. The fraction of sp³-hybridized carbons (Fsp3) is 0.265. The minimum absolute atomic E-state index is 0.00684. The first-order valence-electron chi connectivity index (χ1n) is 14.2. The largest absolute Gasteiger partial charge is 0.373 e. The number of hydrazone groups is 1. The molecule has 1 aromatic heterocycles. The molecule has 0 atom stereocenters. The Balaban J connectivity index is 1.40. The van der Waals surface area contributed by atoms with Crippen LogP contribution in [-0.4, -0.2) is 59.0 Å². The number of nitrogens with zero attached hydrogens (tertiary/aromatic N) is 4. The van der Waals surface area contributed by atoms with Crippen molar-refractivity contribution in [1.82, 2.24) is 14.8 Å². The molecular weight excluding hydrogens is 510 g/mol. The number of aromatic amines is 1. The first kappa shape index (κ1) is 29.3. The minimum atomic E-state index is 0.00684. The Morgan fingerprint density at radius 1 is 1.07 bits per heavy atom. The van der Waals surface area contributed by atoms with Crippen LogP contribution in [0.2, 0.25) is 0 Å². The van der Waals surface area contributed by atoms with Crippen LogP contribution in [0.5, 0.6) is 0 Å². The molecule has 0 bridgehead atoms. The van der Waals surface area contributed by atoms with Gasteiger partial charge < -0.3 is 14.8 Å². The van der Waals surface area contributed by atoms with E-state index in [2.05, 4.69) is 45.9 Å². The number of carbonyl (C=O) groups excluding carboxylic acids is 2. The molecule has 7 heteroatoms. The minimum Gasteiger partial charge on any atom is -0.373 e. The molecule has 1 saturated heterocycles. The Labute approximate surface area is 242 Å². The van der Waals surface area contributed by atoms with Gasteiger partial charge in [-0.05, 0) is 79.1 Å². The Kier molecular flexibility index (Phi) is 10.5. The molecule has 2 aromatic rings. The predicted molar refractivity (Wildman–Crippen MR) is 169 cm³/mol. The highest BCUT2D eigenvalue weighted by atomic mass is 16.2. The number of anilines is 1. The van der Waals surface area contributed by atoms with Gasteiger partial charge in [0.05, 0.1) is 11.4 Å². The van der Waals surface area contributed by atoms with Crippen molar-refractivity contribution < 1.29 is 9.59 Å². The molecule has 2 aliphatic rings. The Hall–Kier alpha value is -4.65. The van der Waals surface area contributed by atoms with Gasteiger partial charge in [0.1, 0.15) is 0 Å². The van der Waals surface area contributed by atoms with E-state index >= 15 is 0 Å². The van der Waals surface area contributed by atoms with Crippen LogP contribution >= 0.6 is 0 Å². The van der Waals surface area contributed by atoms with Crippen LogP contribution in [0.15, 0.2) is 102 Å². The SMILES string of the molecule is C=C(/C=c1/cc[nH]/c1=C/C)/C=C/C(CC)=N\N(C=O)c1ccc(C(=O)N2CCCN(C3=CC=CC=CC3)CC2)cc1. The van der Waals surface area contributed by atoms with Crippen molar-refractivity contribution in [2.24, 2.45) is 5.10 Å². The fourth-order valence-electron chi connectivity index (χ4n) is 4.87. The van der Waals surface area contributed by atoms with Crippen molar-refractivity contribution in [3.8, 4) is 0 Å². The normalized spacial score (nSPS) is 17.0. The first-order chi connectivity index (χ1) is 20.0. The monoisotopic (exact) mass is 549 g/mol. The molecule has 2 amide bonds. The Bertz CT molecular complexity index is 1500. The average molecular weight is 550 g/mol. The molecule has 1 aliphatic carbocycles. The summed E-state index contributed by atoms with van der Waals surface area (Å²) < 4.78 is 0. The van der Waals surface area contributed by atoms with Crippen molar-refractivity contribution in [2.45, 2.75) is 33.1 Å². The summed E-state index contributed by atoms with van der Waals surface area (Å²) >= 11 is 0. The van der Waals surface area contributed by atoms with Gasteiger partial charge in [0.2, 0.25) is 6.41 Å². The Morgan fingerprint density at radius 2 is 1.90 bits per heavy atom. The van der Waals surface area contributed by atoms with Gasteiger partial charge in [-0.3, -0.25) is 9.59 Å². The molecule has 0 radical (unpaired) electrons. The lowest BCUT2D eigenvalue weighted by Gasteiger charge is -2.25. The number of nitrogens with one attached hydrogen (secondary N) is 1. The molecule has 1 aromatic carbocycles. The quantitative estimate of drug-likeness (QED) is 0.214. The third-order valence-corrected chi connectivity index (χ3v) is 7.17. The molecule has 212 valence electrons. The van der Waals surface area contributed by atoms with E-state index in [-0.39, 0.29) is 5.91 Å². The highest BCUT2D eigenvalue weighted by Crippen LogP contribution is 2.19. The number of allylic oxidation sites excluding steroid dienone is 8. The van der Waals surface area contributed by atoms with Gasteiger partial charge in [-0.25, -0.2) is 5.01 Å². The molecule has 2 heterocycles. The second-order valence-corrected chi connectivity index (χ2v) is 9.94. The smallest absolute Gasteiger partial charge is 0.253 e. The van der Waals surface area contributed by atoms with Gasteiger partial charge in [0.25, 0.3) is 5.91 Å². The van der Waals surface area contributed by atoms with Gasteiger partial charge in [-0.15, -0.1) is 0 Å². The topological polar surface area (TPSA) is 72.0 Å². The summed E-state index contributed by atoms with van der Waals surface area (Å²) in [5.74, 6) is 0.00684. The summed E-state index contributed by atoms with van der Waals surface area (Å²) in [6, 6.07) is 9.07. The predicted octanol–water partition coefficient (Wildman–Crippen LogP) is 4.68. The van der Waals surface area contributed by atoms with E-state index in [1.807, 2.05) is 61.4 Å². The second kappa shape index (κ2) is 14.7. The van der Waals surface area contributed by atoms with E-state index in [1.54, 1.807) is 24.3 Å². The van der Waals surface area contributed by atoms with E-state index in [9.17, 15) is 9.59 Å². The maximum Gasteiger partial charge on any atom is 0.253 e. The van der Waals surface area contributed by atoms with Crippen LogP contribution in [0.4, 0.5) is 5.69 Å². The fourth-order valence-corrected chi connectivity index (χ4v) is 4.87. The Morgan fingerprint density at radius 3 is 2.66 bits per heavy atom. The van der Waals surface area contributed by atoms with Gasteiger partial charge >= 0.3 is 0 Å². The number of carbonyl (C=O) groups is 2. The molecule has 1 fully saturated rings. The van der Waals surface area contributed by atoms with E-state index in [0.717, 1.165) is 54.3 Å². The highest BCUT2D eigenvalue weighted by molar-refractivity contribution is 5.98. The van der Waals surface area contributed by atoms with Gasteiger partial charge in [0, 0.05) is 55.4 Å². The number of hydrogen-bond acceptors (Lipinski definition) is 4. The van der Waals surface area contributed by atoms with Crippen molar-refractivity contribution in [3.05, 3.63) is 113 Å². The van der Waals surface area contributed by atoms with Crippen LogP contribution in [-0.2, 0) is 4.79 Å². The zero-order valence-electron chi connectivity index (χ0n) is 24.0. The van der Waals surface area contributed by atoms with E-state index < -0.39 is 0 Å². The number of amides is 2. The van der Waals surface area contributed by atoms with E-state index in [4.69, 9.17) is 0 Å². The van der Waals surface area contributed by atoms with Crippen molar-refractivity contribution >= 4 is 35.9 Å². The van der Waals surface area contributed by atoms with Crippen LogP contribution < -0.4 is 15.6 Å². The summed E-state index contributed by atoms with van der Waals surface area (Å²) in [5.41, 5.74) is 4.04. The summed E-state index contributed by atoms with van der Waals surface area (Å²) in [4.78, 5) is 32.7. The van der Waals surface area contributed by atoms with Gasteiger partial charge in [-0.1, -0.05) is 50.0 Å². The summed E-state index contributed by atoms with van der Waals surface area (Å²) in [7, 11) is 0. The highest BCUT2D eigenvalue weighted by Gasteiger charge is 2.21. The maximum absolute atomic E-state index is 13.3. The average Bonchev–Trinajstić information content (AvgIpc) is 3.16. The van der Waals surface area contributed by atoms with Gasteiger partial charge in [-0.2, -0.15) is 5.10 Å². The lowest BCUT2D eigenvalue weighted by atomic mass is 10.1. The van der Waals surface area contributed by atoms with Crippen molar-refractivity contribution in [2.75, 3.05) is 31.2 Å². The summed E-state index contributed by atoms with van der Waals surface area (Å²) in [6.07, 6.45) is 23.3. The first-order valence-corrected chi connectivity index (χ1v) is 14.2. The zero-order chi connectivity index (χ0) is 29.0. The third-order valence-electron chi connectivity index (χ3n) is 7.17. The zero-order valence-corrected chi connectivity index (χ0v) is 24.0. The number of aromatic nitrogens is 1. The summed E-state index contributed by atoms with van der Waals surface area (Å²) in [5, 5.41) is 7.93. The number of H-pyrrole nitrogens is 1. The molecule has 0 unspecified atom stereocenters. The number of rotatable bonds is 9. The standard InChI is InChI=1S/C34H39N5O2/c1-4-30(16-13-27(3)25-29-19-20-35-33(29)5-2)36-39(26-40)32-17-14-28(15-18-32)34(41)38-22-10-21-37(23-24-38)31-11-8-6-7-9-12-31/h5-9,11,13-20,25-26,35H,3-4,10,12,21-24H2,1-2H3/b16-13+,29-25-,33-5+,36-30-. The van der Waals surface area contributed by atoms with Crippen molar-refractivity contribution in [1.29, 1.82) is 0 Å². The molecule has 1 aliphatic heterocycles. The number of hydrogen-bond donors (Lipinski definition) is 1. The molecular formula is C34H39N5O2. The van der Waals surface area contributed by atoms with Crippen LogP contribution in [0.3, 0.4) is 0 Å². The number of benzene rings is 1. The lowest BCUT2D eigenvalue weighted by molar-refractivity contribution is -0.107. The van der Waals surface area contributed by atoms with Crippen LogP contribution in [0.25, 0.3) is 12.2 Å².